The third kappa shape index (κ3) is 8.87. The maximum absolute atomic E-state index is 12.5. The fourth-order valence-corrected chi connectivity index (χ4v) is 5.16. The van der Waals surface area contributed by atoms with E-state index in [1.807, 2.05) is 0 Å². The summed E-state index contributed by atoms with van der Waals surface area (Å²) in [6.45, 7) is 5.42. The lowest BCUT2D eigenvalue weighted by molar-refractivity contribution is -0.144. The SMILES string of the molecule is C.C.C=CC(=O)OCOc1ccc(C(=O)OC2CCC(C3CCC(CCC)CC3)CC2)cc1. The first kappa shape index (κ1) is 28.7. The molecule has 0 aliphatic heterocycles. The molecular weight excluding hydrogens is 416 g/mol. The molecule has 5 nitrogen and oxygen atoms in total. The van der Waals surface area contributed by atoms with Crippen molar-refractivity contribution in [3.8, 4) is 5.75 Å². The first-order valence-electron chi connectivity index (χ1n) is 11.8. The number of ether oxygens (including phenoxy) is 3. The lowest BCUT2D eigenvalue weighted by Gasteiger charge is -2.37. The zero-order chi connectivity index (χ0) is 22.1. The molecule has 3 rings (SSSR count). The highest BCUT2D eigenvalue weighted by molar-refractivity contribution is 5.89. The Morgan fingerprint density at radius 1 is 0.939 bits per heavy atom. The van der Waals surface area contributed by atoms with Gasteiger partial charge in [0, 0.05) is 6.08 Å². The van der Waals surface area contributed by atoms with Gasteiger partial charge in [0.2, 0.25) is 6.79 Å². The molecule has 0 amide bonds. The van der Waals surface area contributed by atoms with Gasteiger partial charge in [0.15, 0.2) is 0 Å². The summed E-state index contributed by atoms with van der Waals surface area (Å²) in [6.07, 6.45) is 13.7. The Morgan fingerprint density at radius 3 is 2.06 bits per heavy atom. The molecule has 33 heavy (non-hydrogen) atoms. The molecule has 1 aromatic carbocycles. The molecule has 0 bridgehead atoms. The van der Waals surface area contributed by atoms with Crippen molar-refractivity contribution in [1.29, 1.82) is 0 Å². The summed E-state index contributed by atoms with van der Waals surface area (Å²) in [4.78, 5) is 23.5. The number of hydrogen-bond donors (Lipinski definition) is 0. The van der Waals surface area contributed by atoms with E-state index in [1.54, 1.807) is 24.3 Å². The van der Waals surface area contributed by atoms with Crippen LogP contribution >= 0.6 is 0 Å². The molecule has 186 valence electrons. The van der Waals surface area contributed by atoms with Crippen LogP contribution in [0.1, 0.15) is 96.3 Å². The van der Waals surface area contributed by atoms with Crippen LogP contribution in [-0.2, 0) is 14.3 Å². The van der Waals surface area contributed by atoms with Gasteiger partial charge < -0.3 is 14.2 Å². The van der Waals surface area contributed by atoms with Crippen molar-refractivity contribution < 1.29 is 23.8 Å². The number of carbonyl (C=O) groups excluding carboxylic acids is 2. The fourth-order valence-electron chi connectivity index (χ4n) is 5.16. The van der Waals surface area contributed by atoms with Crippen molar-refractivity contribution in [3.63, 3.8) is 0 Å². The van der Waals surface area contributed by atoms with Crippen LogP contribution in [0, 0.1) is 17.8 Å². The van der Waals surface area contributed by atoms with Crippen LogP contribution in [0.3, 0.4) is 0 Å². The lowest BCUT2D eigenvalue weighted by Crippen LogP contribution is -2.29. The van der Waals surface area contributed by atoms with E-state index in [2.05, 4.69) is 13.5 Å². The van der Waals surface area contributed by atoms with Crippen LogP contribution in [0.4, 0.5) is 0 Å². The summed E-state index contributed by atoms with van der Waals surface area (Å²) in [5, 5.41) is 0. The molecule has 0 radical (unpaired) electrons. The molecule has 1 aromatic rings. The van der Waals surface area contributed by atoms with Gasteiger partial charge >= 0.3 is 11.9 Å². The van der Waals surface area contributed by atoms with Gasteiger partial charge in [-0.15, -0.1) is 0 Å². The molecular formula is C28H44O5. The van der Waals surface area contributed by atoms with E-state index in [9.17, 15) is 9.59 Å². The monoisotopic (exact) mass is 460 g/mol. The van der Waals surface area contributed by atoms with Crippen molar-refractivity contribution >= 4 is 11.9 Å². The van der Waals surface area contributed by atoms with Crippen molar-refractivity contribution in [2.24, 2.45) is 17.8 Å². The van der Waals surface area contributed by atoms with Crippen LogP contribution in [0.15, 0.2) is 36.9 Å². The number of esters is 2. The van der Waals surface area contributed by atoms with E-state index in [1.165, 1.54) is 51.4 Å². The predicted molar refractivity (Wildman–Crippen MR) is 133 cm³/mol. The van der Waals surface area contributed by atoms with Gasteiger partial charge in [-0.2, -0.15) is 0 Å². The van der Waals surface area contributed by atoms with E-state index in [4.69, 9.17) is 14.2 Å². The molecule has 0 saturated heterocycles. The van der Waals surface area contributed by atoms with Crippen LogP contribution in [0.25, 0.3) is 0 Å². The summed E-state index contributed by atoms with van der Waals surface area (Å²) in [6, 6.07) is 6.69. The predicted octanol–water partition coefficient (Wildman–Crippen LogP) is 7.35. The third-order valence-corrected chi connectivity index (χ3v) is 6.93. The molecule has 0 unspecified atom stereocenters. The van der Waals surface area contributed by atoms with Gasteiger partial charge in [0.05, 0.1) is 5.56 Å². The summed E-state index contributed by atoms with van der Waals surface area (Å²) in [5.41, 5.74) is 0.506. The summed E-state index contributed by atoms with van der Waals surface area (Å²) < 4.78 is 15.8. The minimum Gasteiger partial charge on any atom is -0.459 e. The number of rotatable bonds is 9. The highest BCUT2D eigenvalue weighted by Crippen LogP contribution is 2.41. The number of benzene rings is 1. The highest BCUT2D eigenvalue weighted by Gasteiger charge is 2.31. The van der Waals surface area contributed by atoms with E-state index in [0.717, 1.165) is 36.7 Å². The number of carbonyl (C=O) groups is 2. The van der Waals surface area contributed by atoms with Gasteiger partial charge in [0.1, 0.15) is 11.9 Å². The first-order valence-corrected chi connectivity index (χ1v) is 11.8. The van der Waals surface area contributed by atoms with Crippen molar-refractivity contribution in [1.82, 2.24) is 0 Å². The fraction of sp³-hybridized carbons (Fsp3) is 0.643. The van der Waals surface area contributed by atoms with Crippen molar-refractivity contribution in [2.45, 2.75) is 92.1 Å². The maximum Gasteiger partial charge on any atom is 0.338 e. The normalized spacial score (nSPS) is 24.4. The summed E-state index contributed by atoms with van der Waals surface area (Å²) in [7, 11) is 0. The quantitative estimate of drug-likeness (QED) is 0.219. The smallest absolute Gasteiger partial charge is 0.338 e. The van der Waals surface area contributed by atoms with E-state index in [0.29, 0.717) is 11.3 Å². The molecule has 0 N–H and O–H groups in total. The van der Waals surface area contributed by atoms with Crippen LogP contribution < -0.4 is 4.74 Å². The Morgan fingerprint density at radius 2 is 1.52 bits per heavy atom. The lowest BCUT2D eigenvalue weighted by atomic mass is 9.70. The Bertz CT molecular complexity index is 710. The third-order valence-electron chi connectivity index (χ3n) is 6.93. The van der Waals surface area contributed by atoms with Crippen molar-refractivity contribution in [3.05, 3.63) is 42.5 Å². The van der Waals surface area contributed by atoms with E-state index >= 15 is 0 Å². The second-order valence-corrected chi connectivity index (χ2v) is 8.97. The Labute approximate surface area is 200 Å². The first-order chi connectivity index (χ1) is 15.1. The van der Waals surface area contributed by atoms with E-state index in [-0.39, 0.29) is 33.7 Å². The van der Waals surface area contributed by atoms with Gasteiger partial charge in [-0.1, -0.05) is 54.0 Å². The topological polar surface area (TPSA) is 61.8 Å². The van der Waals surface area contributed by atoms with Crippen LogP contribution in [-0.4, -0.2) is 24.8 Å². The number of hydrogen-bond acceptors (Lipinski definition) is 5. The molecule has 2 fully saturated rings. The van der Waals surface area contributed by atoms with Gasteiger partial charge in [-0.05, 0) is 80.5 Å². The van der Waals surface area contributed by atoms with Gasteiger partial charge in [-0.25, -0.2) is 9.59 Å². The average molecular weight is 461 g/mol. The zero-order valence-electron chi connectivity index (χ0n) is 18.7. The molecule has 0 atom stereocenters. The maximum atomic E-state index is 12.5. The van der Waals surface area contributed by atoms with Crippen molar-refractivity contribution in [2.75, 3.05) is 6.79 Å². The average Bonchev–Trinajstić information content (AvgIpc) is 2.80. The van der Waals surface area contributed by atoms with Gasteiger partial charge in [0.25, 0.3) is 0 Å². The Kier molecular flexibility index (Phi) is 12.9. The standard InChI is InChI=1S/C26H36O5.2CH4/c1-3-5-19-6-8-20(9-7-19)21-10-16-24(17-11-21)31-26(28)22-12-14-23(15-13-22)29-18-30-25(27)4-2;;/h4,12-15,19-21,24H,2-3,5-11,16-18H2,1H3;2*1H4. The molecule has 5 heteroatoms. The molecule has 0 heterocycles. The zero-order valence-corrected chi connectivity index (χ0v) is 18.7. The molecule has 2 aliphatic rings. The van der Waals surface area contributed by atoms with E-state index < -0.39 is 5.97 Å². The molecule has 2 aliphatic carbocycles. The second kappa shape index (κ2) is 14.8. The van der Waals surface area contributed by atoms with Gasteiger partial charge in [-0.3, -0.25) is 0 Å². The molecule has 2 saturated carbocycles. The second-order valence-electron chi connectivity index (χ2n) is 8.97. The Balaban J connectivity index is 0.00000272. The highest BCUT2D eigenvalue weighted by atomic mass is 16.7. The minimum absolute atomic E-state index is 0. The molecule has 0 spiro atoms. The van der Waals surface area contributed by atoms with Crippen LogP contribution in [0.5, 0.6) is 5.75 Å². The Hall–Kier alpha value is -2.30. The summed E-state index contributed by atoms with van der Waals surface area (Å²) >= 11 is 0. The molecule has 0 aromatic heterocycles. The summed E-state index contributed by atoms with van der Waals surface area (Å²) in [5.74, 6) is 2.33. The largest absolute Gasteiger partial charge is 0.459 e. The minimum atomic E-state index is -0.543. The van der Waals surface area contributed by atoms with Crippen LogP contribution in [0.2, 0.25) is 0 Å².